The number of hydrogen-bond donors (Lipinski definition) is 1. The van der Waals surface area contributed by atoms with Gasteiger partial charge in [-0.15, -0.1) is 0 Å². The minimum atomic E-state index is -0.0379. The van der Waals surface area contributed by atoms with Gasteiger partial charge < -0.3 is 5.11 Å². The fraction of sp³-hybridized carbons (Fsp3) is 1.00. The van der Waals surface area contributed by atoms with E-state index in [-0.39, 0.29) is 6.10 Å². The lowest BCUT2D eigenvalue weighted by Crippen LogP contribution is -2.50. The van der Waals surface area contributed by atoms with Crippen LogP contribution in [0.4, 0.5) is 0 Å². The van der Waals surface area contributed by atoms with Gasteiger partial charge in [-0.3, -0.25) is 0 Å². The molecule has 1 nitrogen and oxygen atoms in total. The molecule has 2 fully saturated rings. The van der Waals surface area contributed by atoms with E-state index in [0.717, 1.165) is 6.42 Å². The van der Waals surface area contributed by atoms with E-state index in [1.54, 1.807) is 0 Å². The zero-order chi connectivity index (χ0) is 10.4. The molecule has 0 radical (unpaired) electrons. The molecule has 2 rings (SSSR count). The molecule has 82 valence electrons. The van der Waals surface area contributed by atoms with Gasteiger partial charge in [0.2, 0.25) is 0 Å². The summed E-state index contributed by atoms with van der Waals surface area (Å²) in [6.45, 7) is 7.11. The van der Waals surface area contributed by atoms with E-state index in [4.69, 9.17) is 0 Å². The van der Waals surface area contributed by atoms with E-state index in [1.165, 1.54) is 32.1 Å². The van der Waals surface area contributed by atoms with Gasteiger partial charge in [-0.1, -0.05) is 33.6 Å². The second kappa shape index (κ2) is 3.23. The second-order valence-electron chi connectivity index (χ2n) is 6.43. The fourth-order valence-electron chi connectivity index (χ4n) is 4.35. The van der Waals surface area contributed by atoms with Crippen LogP contribution in [0.15, 0.2) is 0 Å². The maximum Gasteiger partial charge on any atom is 0.0578 e. The van der Waals surface area contributed by atoms with Crippen molar-refractivity contribution in [1.29, 1.82) is 0 Å². The van der Waals surface area contributed by atoms with Gasteiger partial charge in [-0.05, 0) is 42.4 Å². The molecule has 0 aromatic heterocycles. The van der Waals surface area contributed by atoms with Crippen molar-refractivity contribution >= 4 is 0 Å². The first-order valence-corrected chi connectivity index (χ1v) is 6.14. The third kappa shape index (κ3) is 1.50. The highest BCUT2D eigenvalue weighted by Crippen LogP contribution is 2.57. The van der Waals surface area contributed by atoms with E-state index in [2.05, 4.69) is 20.8 Å². The molecule has 3 atom stereocenters. The van der Waals surface area contributed by atoms with E-state index in [9.17, 15) is 5.11 Å². The van der Waals surface area contributed by atoms with Gasteiger partial charge in [0.1, 0.15) is 0 Å². The van der Waals surface area contributed by atoms with Gasteiger partial charge >= 0.3 is 0 Å². The predicted molar refractivity (Wildman–Crippen MR) is 59.1 cm³/mol. The van der Waals surface area contributed by atoms with E-state index < -0.39 is 0 Å². The van der Waals surface area contributed by atoms with Crippen LogP contribution in [-0.2, 0) is 0 Å². The van der Waals surface area contributed by atoms with Crippen molar-refractivity contribution in [1.82, 2.24) is 0 Å². The Morgan fingerprint density at radius 3 is 2.29 bits per heavy atom. The van der Waals surface area contributed by atoms with Crippen molar-refractivity contribution in [3.8, 4) is 0 Å². The highest BCUT2D eigenvalue weighted by atomic mass is 16.3. The molecule has 1 N–H and O–H groups in total. The van der Waals surface area contributed by atoms with Gasteiger partial charge in [0.25, 0.3) is 0 Å². The molecule has 2 aliphatic carbocycles. The summed E-state index contributed by atoms with van der Waals surface area (Å²) < 4.78 is 0. The van der Waals surface area contributed by atoms with Gasteiger partial charge in [0.15, 0.2) is 0 Å². The zero-order valence-electron chi connectivity index (χ0n) is 9.84. The smallest absolute Gasteiger partial charge is 0.0578 e. The van der Waals surface area contributed by atoms with Gasteiger partial charge in [-0.25, -0.2) is 0 Å². The minimum absolute atomic E-state index is 0.0379. The molecule has 0 amide bonds. The molecule has 0 heterocycles. The summed E-state index contributed by atoms with van der Waals surface area (Å²) in [5.74, 6) is 0.539. The van der Waals surface area contributed by atoms with Gasteiger partial charge in [0.05, 0.1) is 6.10 Å². The summed E-state index contributed by atoms with van der Waals surface area (Å²) in [5, 5.41) is 10.2. The van der Waals surface area contributed by atoms with Crippen LogP contribution in [0.1, 0.15) is 59.3 Å². The highest BCUT2D eigenvalue weighted by Gasteiger charge is 2.51. The van der Waals surface area contributed by atoms with Crippen LogP contribution in [0.25, 0.3) is 0 Å². The molecule has 1 heteroatoms. The Hall–Kier alpha value is -0.0400. The average molecular weight is 196 g/mol. The van der Waals surface area contributed by atoms with Crippen LogP contribution in [-0.4, -0.2) is 11.2 Å². The molecule has 2 saturated carbocycles. The first kappa shape index (κ1) is 10.5. The summed E-state index contributed by atoms with van der Waals surface area (Å²) in [4.78, 5) is 0. The Bertz CT molecular complexity index is 217. The molecule has 2 aliphatic rings. The van der Waals surface area contributed by atoms with Crippen LogP contribution in [0.3, 0.4) is 0 Å². The molecule has 0 bridgehead atoms. The molecule has 14 heavy (non-hydrogen) atoms. The molecule has 0 unspecified atom stereocenters. The predicted octanol–water partition coefficient (Wildman–Crippen LogP) is 3.36. The number of hydrogen-bond acceptors (Lipinski definition) is 1. The maximum atomic E-state index is 10.2. The Balaban J connectivity index is 2.28. The van der Waals surface area contributed by atoms with Crippen LogP contribution < -0.4 is 0 Å². The Morgan fingerprint density at radius 1 is 1.00 bits per heavy atom. The van der Waals surface area contributed by atoms with Crippen molar-refractivity contribution in [2.24, 2.45) is 16.7 Å². The number of aliphatic hydroxyl groups excluding tert-OH is 1. The summed E-state index contributed by atoms with van der Waals surface area (Å²) in [6.07, 6.45) is 7.53. The minimum Gasteiger partial charge on any atom is -0.393 e. The highest BCUT2D eigenvalue weighted by molar-refractivity contribution is 5.00. The normalized spacial score (nSPS) is 47.1. The van der Waals surface area contributed by atoms with Crippen LogP contribution in [0.5, 0.6) is 0 Å². The lowest BCUT2D eigenvalue weighted by atomic mass is 9.51. The summed E-state index contributed by atoms with van der Waals surface area (Å²) >= 11 is 0. The summed E-state index contributed by atoms with van der Waals surface area (Å²) in [7, 11) is 0. The van der Waals surface area contributed by atoms with Crippen molar-refractivity contribution in [3.63, 3.8) is 0 Å². The fourth-order valence-corrected chi connectivity index (χ4v) is 4.35. The van der Waals surface area contributed by atoms with Crippen molar-refractivity contribution < 1.29 is 5.11 Å². The quantitative estimate of drug-likeness (QED) is 0.630. The maximum absolute atomic E-state index is 10.2. The molecular weight excluding hydrogens is 172 g/mol. The Morgan fingerprint density at radius 2 is 1.64 bits per heavy atom. The van der Waals surface area contributed by atoms with Crippen LogP contribution in [0.2, 0.25) is 0 Å². The first-order valence-electron chi connectivity index (χ1n) is 6.14. The third-order valence-corrected chi connectivity index (χ3v) is 4.79. The molecule has 0 aliphatic heterocycles. The zero-order valence-corrected chi connectivity index (χ0v) is 9.84. The van der Waals surface area contributed by atoms with Crippen molar-refractivity contribution in [3.05, 3.63) is 0 Å². The average Bonchev–Trinajstić information content (AvgIpc) is 2.00. The van der Waals surface area contributed by atoms with Crippen molar-refractivity contribution in [2.45, 2.75) is 65.4 Å². The molecule has 0 saturated heterocycles. The van der Waals surface area contributed by atoms with E-state index in [1.807, 2.05) is 0 Å². The second-order valence-corrected chi connectivity index (χ2v) is 6.43. The first-order chi connectivity index (χ1) is 6.46. The number of fused-ring (bicyclic) bond motifs is 1. The van der Waals surface area contributed by atoms with E-state index in [0.29, 0.717) is 16.7 Å². The summed E-state index contributed by atoms with van der Waals surface area (Å²) in [5.41, 5.74) is 0.784. The third-order valence-electron chi connectivity index (χ3n) is 4.79. The molecule has 0 spiro atoms. The lowest BCUT2D eigenvalue weighted by molar-refractivity contribution is -0.109. The van der Waals surface area contributed by atoms with Gasteiger partial charge in [-0.2, -0.15) is 0 Å². The molecular formula is C13H24O. The number of rotatable bonds is 0. The topological polar surface area (TPSA) is 20.2 Å². The Kier molecular flexibility index (Phi) is 2.42. The number of aliphatic hydroxyl groups is 1. The van der Waals surface area contributed by atoms with E-state index >= 15 is 0 Å². The monoisotopic (exact) mass is 196 g/mol. The lowest BCUT2D eigenvalue weighted by Gasteiger charge is -2.55. The largest absolute Gasteiger partial charge is 0.393 e. The van der Waals surface area contributed by atoms with Crippen molar-refractivity contribution in [2.75, 3.05) is 0 Å². The Labute approximate surface area is 87.9 Å². The van der Waals surface area contributed by atoms with Crippen LogP contribution in [0, 0.1) is 16.7 Å². The standard InChI is InChI=1S/C13H24O/c1-12(2)7-5-9-13(3)8-4-6-10(14)11(12)13/h10-11,14H,4-9H2,1-3H3/t10-,11-,13-/m1/s1. The summed E-state index contributed by atoms with van der Waals surface area (Å²) in [6, 6.07) is 0. The molecule has 0 aromatic rings. The SMILES string of the molecule is CC1(C)CCC[C@@]2(C)CCC[C@@H](O)[C@H]12. The van der Waals surface area contributed by atoms with Gasteiger partial charge in [0, 0.05) is 0 Å². The van der Waals surface area contributed by atoms with Crippen LogP contribution >= 0.6 is 0 Å². The molecule has 0 aromatic carbocycles.